The molecule has 0 unspecified atom stereocenters. The summed E-state index contributed by atoms with van der Waals surface area (Å²) in [6, 6.07) is 4.90. The maximum atomic E-state index is 13.1. The molecule has 10 heteroatoms. The minimum Gasteiger partial charge on any atom is -0.370 e. The van der Waals surface area contributed by atoms with Crippen molar-refractivity contribution in [2.24, 2.45) is 0 Å². The van der Waals surface area contributed by atoms with Crippen LogP contribution in [0.25, 0.3) is 0 Å². The number of hydrogen-bond donors (Lipinski definition) is 1. The van der Waals surface area contributed by atoms with Crippen LogP contribution in [0.2, 0.25) is 10.0 Å². The number of halogens is 2. The lowest BCUT2D eigenvalue weighted by atomic mass is 10.2. The van der Waals surface area contributed by atoms with Gasteiger partial charge in [-0.1, -0.05) is 23.2 Å². The van der Waals surface area contributed by atoms with Crippen LogP contribution in [0.5, 0.6) is 0 Å². The van der Waals surface area contributed by atoms with Gasteiger partial charge in [0.05, 0.1) is 5.02 Å². The molecule has 7 nitrogen and oxygen atoms in total. The summed E-state index contributed by atoms with van der Waals surface area (Å²) in [5.41, 5.74) is 0.677. The predicted octanol–water partition coefficient (Wildman–Crippen LogP) is 3.34. The second-order valence-corrected chi connectivity index (χ2v) is 9.33. The van der Waals surface area contributed by atoms with Gasteiger partial charge in [0.25, 0.3) is 0 Å². The van der Waals surface area contributed by atoms with Gasteiger partial charge in [-0.25, -0.2) is 18.4 Å². The van der Waals surface area contributed by atoms with Gasteiger partial charge in [0.2, 0.25) is 10.0 Å². The number of benzene rings is 1. The fourth-order valence-corrected chi connectivity index (χ4v) is 5.34. The van der Waals surface area contributed by atoms with Crippen molar-refractivity contribution in [2.75, 3.05) is 42.9 Å². The smallest absolute Gasteiger partial charge is 0.244 e. The molecule has 0 saturated carbocycles. The van der Waals surface area contributed by atoms with Gasteiger partial charge in [-0.15, -0.1) is 0 Å². The highest BCUT2D eigenvalue weighted by Gasteiger charge is 2.31. The molecule has 1 aromatic heterocycles. The van der Waals surface area contributed by atoms with E-state index in [2.05, 4.69) is 20.2 Å². The molecule has 1 aliphatic heterocycles. The molecule has 2 aromatic rings. The Morgan fingerprint density at radius 2 is 1.71 bits per heavy atom. The van der Waals surface area contributed by atoms with Gasteiger partial charge in [0.15, 0.2) is 0 Å². The molecule has 1 saturated heterocycles. The van der Waals surface area contributed by atoms with E-state index >= 15 is 0 Å². The van der Waals surface area contributed by atoms with Gasteiger partial charge < -0.3 is 10.2 Å². The van der Waals surface area contributed by atoms with E-state index in [1.165, 1.54) is 16.4 Å². The summed E-state index contributed by atoms with van der Waals surface area (Å²) in [5.74, 6) is 2.23. The first-order chi connectivity index (χ1) is 13.2. The van der Waals surface area contributed by atoms with Crippen molar-refractivity contribution in [1.29, 1.82) is 0 Å². The Kier molecular flexibility index (Phi) is 6.34. The monoisotopic (exact) mass is 443 g/mol. The molecule has 0 aliphatic carbocycles. The molecule has 152 valence electrons. The highest BCUT2D eigenvalue weighted by molar-refractivity contribution is 7.89. The lowest BCUT2D eigenvalue weighted by molar-refractivity contribution is 0.383. The summed E-state index contributed by atoms with van der Waals surface area (Å²) in [6.07, 6.45) is 0. The zero-order valence-electron chi connectivity index (χ0n) is 16.0. The SMILES string of the molecule is CCNc1cc(N2CCN(S(=O)(=O)c3cc(C)c(Cl)cc3Cl)CC2)nc(C)n1. The summed E-state index contributed by atoms with van der Waals surface area (Å²) in [7, 11) is -3.69. The molecule has 0 bridgehead atoms. The topological polar surface area (TPSA) is 78.4 Å². The zero-order chi connectivity index (χ0) is 20.5. The van der Waals surface area contributed by atoms with Gasteiger partial charge >= 0.3 is 0 Å². The number of aryl methyl sites for hydroxylation is 2. The number of piperazine rings is 1. The van der Waals surface area contributed by atoms with Crippen LogP contribution in [0.1, 0.15) is 18.3 Å². The second kappa shape index (κ2) is 8.41. The lowest BCUT2D eigenvalue weighted by Gasteiger charge is -2.35. The molecule has 1 aliphatic rings. The molecule has 1 aromatic carbocycles. The van der Waals surface area contributed by atoms with Gasteiger partial charge in [-0.2, -0.15) is 4.31 Å². The first-order valence-electron chi connectivity index (χ1n) is 9.02. The van der Waals surface area contributed by atoms with Crippen LogP contribution in [0.15, 0.2) is 23.1 Å². The number of hydrogen-bond acceptors (Lipinski definition) is 6. The average Bonchev–Trinajstić information content (AvgIpc) is 2.64. The normalized spacial score (nSPS) is 15.7. The third-order valence-electron chi connectivity index (χ3n) is 4.58. The third-order valence-corrected chi connectivity index (χ3v) is 7.35. The number of anilines is 2. The summed E-state index contributed by atoms with van der Waals surface area (Å²) in [6.45, 7) is 8.13. The Morgan fingerprint density at radius 3 is 2.36 bits per heavy atom. The van der Waals surface area contributed by atoms with E-state index in [1.54, 1.807) is 6.92 Å². The van der Waals surface area contributed by atoms with Crippen molar-refractivity contribution in [3.05, 3.63) is 39.6 Å². The first-order valence-corrected chi connectivity index (χ1v) is 11.2. The predicted molar refractivity (Wildman–Crippen MR) is 113 cm³/mol. The van der Waals surface area contributed by atoms with E-state index in [1.807, 2.05) is 19.9 Å². The molecule has 1 fully saturated rings. The Morgan fingerprint density at radius 1 is 1.04 bits per heavy atom. The molecule has 3 rings (SSSR count). The van der Waals surface area contributed by atoms with Crippen LogP contribution in [0, 0.1) is 13.8 Å². The molecule has 1 N–H and O–H groups in total. The molecule has 0 radical (unpaired) electrons. The quantitative estimate of drug-likeness (QED) is 0.762. The second-order valence-electron chi connectivity index (χ2n) is 6.61. The Labute approximate surface area is 175 Å². The number of rotatable bonds is 5. The molecular formula is C18H23Cl2N5O2S. The van der Waals surface area contributed by atoms with E-state index < -0.39 is 10.0 Å². The van der Waals surface area contributed by atoms with Gasteiger partial charge in [-0.05, 0) is 38.5 Å². The first kappa shape index (κ1) is 21.1. The Hall–Kier alpha value is -1.61. The molecule has 0 spiro atoms. The number of aromatic nitrogens is 2. The van der Waals surface area contributed by atoms with E-state index in [9.17, 15) is 8.42 Å². The Balaban J connectivity index is 1.77. The van der Waals surface area contributed by atoms with Crippen molar-refractivity contribution in [3.8, 4) is 0 Å². The highest BCUT2D eigenvalue weighted by atomic mass is 35.5. The molecule has 28 heavy (non-hydrogen) atoms. The number of nitrogens with one attached hydrogen (secondary N) is 1. The molecule has 0 atom stereocenters. The maximum Gasteiger partial charge on any atom is 0.244 e. The summed E-state index contributed by atoms with van der Waals surface area (Å²) in [5, 5.41) is 3.78. The molecule has 0 amide bonds. The fraction of sp³-hybridized carbons (Fsp3) is 0.444. The van der Waals surface area contributed by atoms with Gasteiger partial charge in [0.1, 0.15) is 22.4 Å². The Bertz CT molecular complexity index is 976. The van der Waals surface area contributed by atoms with Crippen LogP contribution in [-0.2, 0) is 10.0 Å². The van der Waals surface area contributed by atoms with Crippen LogP contribution < -0.4 is 10.2 Å². The van der Waals surface area contributed by atoms with Crippen molar-refractivity contribution < 1.29 is 8.42 Å². The largest absolute Gasteiger partial charge is 0.370 e. The van der Waals surface area contributed by atoms with E-state index in [-0.39, 0.29) is 9.92 Å². The van der Waals surface area contributed by atoms with Crippen molar-refractivity contribution in [3.63, 3.8) is 0 Å². The van der Waals surface area contributed by atoms with E-state index in [4.69, 9.17) is 23.2 Å². The summed E-state index contributed by atoms with van der Waals surface area (Å²) < 4.78 is 27.6. The lowest BCUT2D eigenvalue weighted by Crippen LogP contribution is -2.49. The van der Waals surface area contributed by atoms with Gasteiger partial charge in [-0.3, -0.25) is 0 Å². The van der Waals surface area contributed by atoms with Crippen LogP contribution in [0.4, 0.5) is 11.6 Å². The average molecular weight is 444 g/mol. The van der Waals surface area contributed by atoms with Gasteiger partial charge in [0, 0.05) is 43.8 Å². The van der Waals surface area contributed by atoms with Crippen molar-refractivity contribution in [1.82, 2.24) is 14.3 Å². The highest BCUT2D eigenvalue weighted by Crippen LogP contribution is 2.31. The number of nitrogens with zero attached hydrogens (tertiary/aromatic N) is 4. The third kappa shape index (κ3) is 4.35. The van der Waals surface area contributed by atoms with Crippen LogP contribution in [0.3, 0.4) is 0 Å². The molecule has 2 heterocycles. The fourth-order valence-electron chi connectivity index (χ4n) is 3.11. The number of sulfonamides is 1. The minimum atomic E-state index is -3.69. The standard InChI is InChI=1S/C18H23Cl2N5O2S/c1-4-21-17-11-18(23-13(3)22-17)24-5-7-25(8-6-24)28(26,27)16-9-12(2)14(19)10-15(16)20/h9-11H,4-8H2,1-3H3,(H,21,22,23). The van der Waals surface area contributed by atoms with E-state index in [0.717, 1.165) is 18.2 Å². The minimum absolute atomic E-state index is 0.0943. The van der Waals surface area contributed by atoms with Crippen LogP contribution in [-0.4, -0.2) is 55.4 Å². The molecular weight excluding hydrogens is 421 g/mol. The summed E-state index contributed by atoms with van der Waals surface area (Å²) in [4.78, 5) is 11.0. The van der Waals surface area contributed by atoms with E-state index in [0.29, 0.717) is 42.6 Å². The van der Waals surface area contributed by atoms with Crippen molar-refractivity contribution in [2.45, 2.75) is 25.7 Å². The summed E-state index contributed by atoms with van der Waals surface area (Å²) >= 11 is 12.2. The van der Waals surface area contributed by atoms with Crippen molar-refractivity contribution >= 4 is 44.9 Å². The van der Waals surface area contributed by atoms with Crippen LogP contribution >= 0.6 is 23.2 Å². The maximum absolute atomic E-state index is 13.1. The zero-order valence-corrected chi connectivity index (χ0v) is 18.4.